The van der Waals surface area contributed by atoms with Crippen molar-refractivity contribution in [3.05, 3.63) is 37.0 Å². The predicted octanol–water partition coefficient (Wildman–Crippen LogP) is 2.13. The van der Waals surface area contributed by atoms with E-state index in [0.717, 1.165) is 0 Å². The van der Waals surface area contributed by atoms with Crippen LogP contribution in [0.3, 0.4) is 0 Å². The summed E-state index contributed by atoms with van der Waals surface area (Å²) in [6.07, 6.45) is 0.728. The van der Waals surface area contributed by atoms with Crippen molar-refractivity contribution in [1.82, 2.24) is 0 Å². The molecule has 0 aromatic carbocycles. The molecule has 0 heterocycles. The van der Waals surface area contributed by atoms with Crippen molar-refractivity contribution < 1.29 is 19.1 Å². The van der Waals surface area contributed by atoms with Gasteiger partial charge < -0.3 is 9.47 Å². The molecule has 0 rings (SSSR count). The van der Waals surface area contributed by atoms with Gasteiger partial charge in [-0.1, -0.05) is 19.2 Å². The molecule has 0 aliphatic rings. The summed E-state index contributed by atoms with van der Waals surface area (Å²) in [5.41, 5.74) is 0.473. The maximum atomic E-state index is 11.2. The predicted molar refractivity (Wildman–Crippen MR) is 60.4 cm³/mol. The summed E-state index contributed by atoms with van der Waals surface area (Å²) in [4.78, 5) is 22.4. The molecule has 0 fully saturated rings. The standard InChI is InChI=1S/C12H16O4/c1-6-7-10(15-11(13)8(2)3)16-12(14)9(4)5/h6,10H,1-2,4,7H2,3,5H3. The smallest absolute Gasteiger partial charge is 0.336 e. The average molecular weight is 224 g/mol. The first-order valence-electron chi connectivity index (χ1n) is 4.72. The summed E-state index contributed by atoms with van der Waals surface area (Å²) in [6, 6.07) is 0. The van der Waals surface area contributed by atoms with Crippen LogP contribution >= 0.6 is 0 Å². The van der Waals surface area contributed by atoms with Crippen molar-refractivity contribution in [2.45, 2.75) is 26.6 Å². The fourth-order valence-electron chi connectivity index (χ4n) is 0.696. The highest BCUT2D eigenvalue weighted by Crippen LogP contribution is 2.08. The molecule has 4 nitrogen and oxygen atoms in total. The maximum absolute atomic E-state index is 11.2. The molecule has 0 amide bonds. The highest BCUT2D eigenvalue weighted by Gasteiger charge is 2.18. The van der Waals surface area contributed by atoms with Crippen LogP contribution in [0.15, 0.2) is 37.0 Å². The third-order valence-electron chi connectivity index (χ3n) is 1.53. The van der Waals surface area contributed by atoms with E-state index < -0.39 is 18.2 Å². The quantitative estimate of drug-likeness (QED) is 0.300. The Labute approximate surface area is 95.2 Å². The highest BCUT2D eigenvalue weighted by atomic mass is 16.7. The lowest BCUT2D eigenvalue weighted by molar-refractivity contribution is -0.181. The first-order chi connectivity index (χ1) is 7.38. The minimum atomic E-state index is -0.981. The van der Waals surface area contributed by atoms with Gasteiger partial charge >= 0.3 is 11.9 Å². The molecule has 0 spiro atoms. The van der Waals surface area contributed by atoms with Gasteiger partial charge in [0.05, 0.1) is 0 Å². The molecule has 4 heteroatoms. The van der Waals surface area contributed by atoms with Crippen LogP contribution < -0.4 is 0 Å². The van der Waals surface area contributed by atoms with Gasteiger partial charge in [-0.2, -0.15) is 0 Å². The minimum Gasteiger partial charge on any atom is -0.421 e. The summed E-state index contributed by atoms with van der Waals surface area (Å²) in [6.45, 7) is 13.3. The van der Waals surface area contributed by atoms with Crippen molar-refractivity contribution in [2.75, 3.05) is 0 Å². The summed E-state index contributed by atoms with van der Waals surface area (Å²) in [7, 11) is 0. The van der Waals surface area contributed by atoms with Gasteiger partial charge in [0, 0.05) is 17.6 Å². The van der Waals surface area contributed by atoms with E-state index in [0.29, 0.717) is 0 Å². The SMILES string of the molecule is C=CCC(OC(=O)C(=C)C)OC(=O)C(=C)C. The van der Waals surface area contributed by atoms with Crippen molar-refractivity contribution in [3.8, 4) is 0 Å². The number of esters is 2. The molecule has 0 bridgehead atoms. The Morgan fingerprint density at radius 2 is 1.50 bits per heavy atom. The van der Waals surface area contributed by atoms with E-state index in [1.54, 1.807) is 0 Å². The minimum absolute atomic E-state index is 0.220. The summed E-state index contributed by atoms with van der Waals surface area (Å²) in [5.74, 6) is -1.22. The molecular formula is C12H16O4. The van der Waals surface area contributed by atoms with Crippen LogP contribution in [0.2, 0.25) is 0 Å². The number of carbonyl (C=O) groups excluding carboxylic acids is 2. The fourth-order valence-corrected chi connectivity index (χ4v) is 0.696. The second-order valence-electron chi connectivity index (χ2n) is 3.33. The second-order valence-corrected chi connectivity index (χ2v) is 3.33. The zero-order chi connectivity index (χ0) is 12.7. The van der Waals surface area contributed by atoms with Gasteiger partial charge in [0.15, 0.2) is 0 Å². The molecule has 16 heavy (non-hydrogen) atoms. The number of rotatable bonds is 6. The average Bonchev–Trinajstić information content (AvgIpc) is 2.17. The molecule has 0 radical (unpaired) electrons. The Hall–Kier alpha value is -1.84. The number of ether oxygens (including phenoxy) is 2. The Morgan fingerprint density at radius 1 is 1.12 bits per heavy atom. The maximum Gasteiger partial charge on any atom is 0.336 e. The number of hydrogen-bond acceptors (Lipinski definition) is 4. The Kier molecular flexibility index (Phi) is 5.85. The van der Waals surface area contributed by atoms with E-state index in [9.17, 15) is 9.59 Å². The van der Waals surface area contributed by atoms with Gasteiger partial charge in [0.1, 0.15) is 0 Å². The van der Waals surface area contributed by atoms with Crippen molar-refractivity contribution in [1.29, 1.82) is 0 Å². The Balaban J connectivity index is 4.44. The topological polar surface area (TPSA) is 52.6 Å². The molecule has 0 aliphatic heterocycles. The molecule has 0 atom stereocenters. The van der Waals surface area contributed by atoms with Crippen LogP contribution in [0.1, 0.15) is 20.3 Å². The fraction of sp³-hybridized carbons (Fsp3) is 0.333. The van der Waals surface area contributed by atoms with Gasteiger partial charge in [0.25, 0.3) is 6.29 Å². The third-order valence-corrected chi connectivity index (χ3v) is 1.53. The summed E-state index contributed by atoms with van der Waals surface area (Å²) >= 11 is 0. The molecule has 0 unspecified atom stereocenters. The molecule has 0 saturated heterocycles. The lowest BCUT2D eigenvalue weighted by Gasteiger charge is -2.16. The first kappa shape index (κ1) is 14.2. The van der Waals surface area contributed by atoms with Crippen LogP contribution in [-0.2, 0) is 19.1 Å². The van der Waals surface area contributed by atoms with E-state index in [4.69, 9.17) is 9.47 Å². The number of carbonyl (C=O) groups is 2. The van der Waals surface area contributed by atoms with E-state index in [1.165, 1.54) is 19.9 Å². The van der Waals surface area contributed by atoms with Crippen molar-refractivity contribution in [3.63, 3.8) is 0 Å². The molecule has 0 saturated carbocycles. The van der Waals surface area contributed by atoms with Gasteiger partial charge in [-0.05, 0) is 13.8 Å². The largest absolute Gasteiger partial charge is 0.421 e. The monoisotopic (exact) mass is 224 g/mol. The zero-order valence-corrected chi connectivity index (χ0v) is 9.62. The summed E-state index contributed by atoms with van der Waals surface area (Å²) in [5, 5.41) is 0. The van der Waals surface area contributed by atoms with E-state index in [1.807, 2.05) is 0 Å². The van der Waals surface area contributed by atoms with E-state index in [-0.39, 0.29) is 17.6 Å². The van der Waals surface area contributed by atoms with Crippen LogP contribution in [0.25, 0.3) is 0 Å². The van der Waals surface area contributed by atoms with E-state index in [2.05, 4.69) is 19.7 Å². The summed E-state index contributed by atoms with van der Waals surface area (Å²) < 4.78 is 9.76. The Morgan fingerprint density at radius 3 is 1.75 bits per heavy atom. The molecule has 0 aromatic heterocycles. The lowest BCUT2D eigenvalue weighted by atomic mass is 10.3. The van der Waals surface area contributed by atoms with Gasteiger partial charge in [0.2, 0.25) is 0 Å². The van der Waals surface area contributed by atoms with Gasteiger partial charge in [-0.25, -0.2) is 9.59 Å². The lowest BCUT2D eigenvalue weighted by Crippen LogP contribution is -2.24. The highest BCUT2D eigenvalue weighted by molar-refractivity contribution is 5.88. The number of hydrogen-bond donors (Lipinski definition) is 0. The van der Waals surface area contributed by atoms with Crippen molar-refractivity contribution >= 4 is 11.9 Å². The van der Waals surface area contributed by atoms with Crippen LogP contribution in [0.4, 0.5) is 0 Å². The van der Waals surface area contributed by atoms with E-state index >= 15 is 0 Å². The molecule has 0 aromatic rings. The van der Waals surface area contributed by atoms with Gasteiger partial charge in [-0.3, -0.25) is 0 Å². The second kappa shape index (κ2) is 6.61. The van der Waals surface area contributed by atoms with Crippen molar-refractivity contribution in [2.24, 2.45) is 0 Å². The zero-order valence-electron chi connectivity index (χ0n) is 9.62. The third kappa shape index (κ3) is 5.14. The molecule has 88 valence electrons. The normalized spacial score (nSPS) is 9.44. The molecular weight excluding hydrogens is 208 g/mol. The molecule has 0 N–H and O–H groups in total. The van der Waals surface area contributed by atoms with Crippen LogP contribution in [0.5, 0.6) is 0 Å². The Bertz CT molecular complexity index is 300. The van der Waals surface area contributed by atoms with Gasteiger partial charge in [-0.15, -0.1) is 6.58 Å². The first-order valence-corrected chi connectivity index (χ1v) is 4.72. The van der Waals surface area contributed by atoms with Crippen LogP contribution in [-0.4, -0.2) is 18.2 Å². The van der Waals surface area contributed by atoms with Crippen LogP contribution in [0, 0.1) is 0 Å². The molecule has 0 aliphatic carbocycles.